The Kier molecular flexibility index (Phi) is 4.79. The summed E-state index contributed by atoms with van der Waals surface area (Å²) in [6, 6.07) is 7.90. The summed E-state index contributed by atoms with van der Waals surface area (Å²) in [5.74, 6) is 0.880. The van der Waals surface area contributed by atoms with Gasteiger partial charge >= 0.3 is 0 Å². The van der Waals surface area contributed by atoms with Crippen molar-refractivity contribution >= 4 is 28.5 Å². The van der Waals surface area contributed by atoms with Crippen LogP contribution in [0.3, 0.4) is 0 Å². The first-order valence-corrected chi connectivity index (χ1v) is 8.00. The Morgan fingerprint density at radius 2 is 2.17 bits per heavy atom. The molecule has 0 atom stereocenters. The van der Waals surface area contributed by atoms with Crippen molar-refractivity contribution in [1.29, 1.82) is 0 Å². The standard InChI is InChI=1S/C17H20ClN5/c1-23(2)8-4-7-19-16-6-3-5-15(22-16)14-11-21-17-13(14)9-12(18)10-20-17/h3,5-6,9-11H,4,7-8H2,1-2H3,(H,19,22)(H,20,21). The van der Waals surface area contributed by atoms with E-state index in [4.69, 9.17) is 16.6 Å². The Hall–Kier alpha value is -2.11. The van der Waals surface area contributed by atoms with Gasteiger partial charge in [-0.2, -0.15) is 0 Å². The quantitative estimate of drug-likeness (QED) is 0.678. The molecular formula is C17H20ClN5. The maximum Gasteiger partial charge on any atom is 0.138 e. The SMILES string of the molecule is CN(C)CCCNc1cccc(-c2c[nH]c3ncc(Cl)cc23)n1. The third-order valence-electron chi connectivity index (χ3n) is 3.61. The highest BCUT2D eigenvalue weighted by molar-refractivity contribution is 6.31. The van der Waals surface area contributed by atoms with Gasteiger partial charge in [0.25, 0.3) is 0 Å². The fraction of sp³-hybridized carbons (Fsp3) is 0.294. The Morgan fingerprint density at radius 3 is 3.00 bits per heavy atom. The first-order valence-electron chi connectivity index (χ1n) is 7.62. The zero-order valence-corrected chi connectivity index (χ0v) is 14.1. The molecule has 0 unspecified atom stereocenters. The third kappa shape index (κ3) is 3.81. The maximum absolute atomic E-state index is 6.06. The molecule has 0 aliphatic rings. The van der Waals surface area contributed by atoms with Crippen molar-refractivity contribution in [2.45, 2.75) is 6.42 Å². The van der Waals surface area contributed by atoms with Gasteiger partial charge in [-0.25, -0.2) is 9.97 Å². The first kappa shape index (κ1) is 15.8. The number of fused-ring (bicyclic) bond motifs is 1. The Balaban J connectivity index is 1.80. The lowest BCUT2D eigenvalue weighted by molar-refractivity contribution is 0.405. The molecule has 0 aliphatic heterocycles. The van der Waals surface area contributed by atoms with Gasteiger partial charge in [0.1, 0.15) is 11.5 Å². The van der Waals surface area contributed by atoms with Gasteiger partial charge in [-0.05, 0) is 45.3 Å². The van der Waals surface area contributed by atoms with E-state index in [1.54, 1.807) is 6.20 Å². The number of rotatable bonds is 6. The molecule has 0 radical (unpaired) electrons. The van der Waals surface area contributed by atoms with E-state index < -0.39 is 0 Å². The molecule has 0 saturated heterocycles. The molecule has 0 aromatic carbocycles. The average Bonchev–Trinajstić information content (AvgIpc) is 2.94. The number of nitrogens with zero attached hydrogens (tertiary/aromatic N) is 3. The summed E-state index contributed by atoms with van der Waals surface area (Å²) in [5, 5.41) is 4.97. The third-order valence-corrected chi connectivity index (χ3v) is 3.82. The Labute approximate surface area is 140 Å². The van der Waals surface area contributed by atoms with Crippen molar-refractivity contribution in [3.05, 3.63) is 41.7 Å². The van der Waals surface area contributed by atoms with Crippen LogP contribution in [-0.2, 0) is 0 Å². The van der Waals surface area contributed by atoms with Crippen LogP contribution in [0.2, 0.25) is 5.02 Å². The minimum Gasteiger partial charge on any atom is -0.370 e. The Bertz CT molecular complexity index is 797. The van der Waals surface area contributed by atoms with Crippen LogP contribution in [0, 0.1) is 0 Å². The normalized spacial score (nSPS) is 11.3. The van der Waals surface area contributed by atoms with E-state index in [1.165, 1.54) is 0 Å². The highest BCUT2D eigenvalue weighted by Crippen LogP contribution is 2.28. The molecule has 0 saturated carbocycles. The number of aromatic nitrogens is 3. The smallest absolute Gasteiger partial charge is 0.138 e. The second-order valence-electron chi connectivity index (χ2n) is 5.74. The number of H-pyrrole nitrogens is 1. The summed E-state index contributed by atoms with van der Waals surface area (Å²) in [5.41, 5.74) is 2.72. The number of nitrogens with one attached hydrogen (secondary N) is 2. The maximum atomic E-state index is 6.06. The van der Waals surface area contributed by atoms with Gasteiger partial charge < -0.3 is 15.2 Å². The lowest BCUT2D eigenvalue weighted by Crippen LogP contribution is -2.16. The molecule has 3 aromatic heterocycles. The number of aromatic amines is 1. The van der Waals surface area contributed by atoms with Crippen LogP contribution in [0.15, 0.2) is 36.7 Å². The molecule has 3 rings (SSSR count). The van der Waals surface area contributed by atoms with Crippen molar-refractivity contribution in [2.75, 3.05) is 32.5 Å². The summed E-state index contributed by atoms with van der Waals surface area (Å²) >= 11 is 6.06. The van der Waals surface area contributed by atoms with Crippen LogP contribution in [0.4, 0.5) is 5.82 Å². The van der Waals surface area contributed by atoms with Crippen LogP contribution >= 0.6 is 11.6 Å². The van der Waals surface area contributed by atoms with E-state index in [-0.39, 0.29) is 0 Å². The molecule has 6 heteroatoms. The summed E-state index contributed by atoms with van der Waals surface area (Å²) in [6.07, 6.45) is 4.64. The van der Waals surface area contributed by atoms with E-state index in [9.17, 15) is 0 Å². The molecule has 3 heterocycles. The van der Waals surface area contributed by atoms with Crippen molar-refractivity contribution in [3.63, 3.8) is 0 Å². The van der Waals surface area contributed by atoms with E-state index in [0.717, 1.165) is 47.6 Å². The second kappa shape index (κ2) is 6.98. The minimum absolute atomic E-state index is 0.622. The van der Waals surface area contributed by atoms with Gasteiger partial charge in [0.15, 0.2) is 0 Å². The van der Waals surface area contributed by atoms with Crippen molar-refractivity contribution in [1.82, 2.24) is 19.9 Å². The molecule has 0 bridgehead atoms. The lowest BCUT2D eigenvalue weighted by atomic mass is 10.1. The van der Waals surface area contributed by atoms with Crippen molar-refractivity contribution < 1.29 is 0 Å². The summed E-state index contributed by atoms with van der Waals surface area (Å²) in [6.45, 7) is 1.95. The van der Waals surface area contributed by atoms with E-state index in [1.807, 2.05) is 30.5 Å². The zero-order chi connectivity index (χ0) is 16.2. The fourth-order valence-electron chi connectivity index (χ4n) is 2.48. The van der Waals surface area contributed by atoms with E-state index >= 15 is 0 Å². The molecule has 120 valence electrons. The molecule has 0 spiro atoms. The van der Waals surface area contributed by atoms with Crippen molar-refractivity contribution in [3.8, 4) is 11.3 Å². The van der Waals surface area contributed by atoms with Gasteiger partial charge in [0.2, 0.25) is 0 Å². The topological polar surface area (TPSA) is 56.8 Å². The Morgan fingerprint density at radius 1 is 1.30 bits per heavy atom. The summed E-state index contributed by atoms with van der Waals surface area (Å²) in [4.78, 5) is 14.3. The van der Waals surface area contributed by atoms with Gasteiger partial charge in [0.05, 0.1) is 10.7 Å². The molecule has 2 N–H and O–H groups in total. The minimum atomic E-state index is 0.622. The van der Waals surface area contributed by atoms with Gasteiger partial charge in [-0.15, -0.1) is 0 Å². The van der Waals surface area contributed by atoms with Gasteiger partial charge in [-0.1, -0.05) is 17.7 Å². The predicted molar refractivity (Wildman–Crippen MR) is 96.0 cm³/mol. The number of anilines is 1. The number of hydrogen-bond acceptors (Lipinski definition) is 4. The zero-order valence-electron chi connectivity index (χ0n) is 13.3. The summed E-state index contributed by atoms with van der Waals surface area (Å²) in [7, 11) is 4.16. The number of pyridine rings is 2. The monoisotopic (exact) mass is 329 g/mol. The van der Waals surface area contributed by atoms with Gasteiger partial charge in [0, 0.05) is 29.9 Å². The van der Waals surface area contributed by atoms with Gasteiger partial charge in [-0.3, -0.25) is 0 Å². The van der Waals surface area contributed by atoms with E-state index in [2.05, 4.69) is 34.3 Å². The second-order valence-corrected chi connectivity index (χ2v) is 6.18. The highest BCUT2D eigenvalue weighted by atomic mass is 35.5. The van der Waals surface area contributed by atoms with Crippen LogP contribution in [0.5, 0.6) is 0 Å². The molecule has 0 fully saturated rings. The number of halogens is 1. The largest absolute Gasteiger partial charge is 0.370 e. The molecule has 23 heavy (non-hydrogen) atoms. The predicted octanol–water partition coefficient (Wildman–Crippen LogP) is 3.64. The highest BCUT2D eigenvalue weighted by Gasteiger charge is 2.09. The number of hydrogen-bond donors (Lipinski definition) is 2. The fourth-order valence-corrected chi connectivity index (χ4v) is 2.64. The van der Waals surface area contributed by atoms with E-state index in [0.29, 0.717) is 5.02 Å². The van der Waals surface area contributed by atoms with Crippen LogP contribution in [0.1, 0.15) is 6.42 Å². The first-order chi connectivity index (χ1) is 11.1. The average molecular weight is 330 g/mol. The van der Waals surface area contributed by atoms with Crippen LogP contribution < -0.4 is 5.32 Å². The van der Waals surface area contributed by atoms with Crippen molar-refractivity contribution in [2.24, 2.45) is 0 Å². The molecule has 0 aliphatic carbocycles. The lowest BCUT2D eigenvalue weighted by Gasteiger charge is -2.10. The van der Waals surface area contributed by atoms with Crippen LogP contribution in [-0.4, -0.2) is 47.0 Å². The molecular weight excluding hydrogens is 310 g/mol. The molecule has 5 nitrogen and oxygen atoms in total. The summed E-state index contributed by atoms with van der Waals surface area (Å²) < 4.78 is 0. The van der Waals surface area contributed by atoms with Crippen LogP contribution in [0.25, 0.3) is 22.3 Å². The molecule has 0 amide bonds. The molecule has 3 aromatic rings.